The highest BCUT2D eigenvalue weighted by Crippen LogP contribution is 2.29. The van der Waals surface area contributed by atoms with Gasteiger partial charge in [0.1, 0.15) is 0 Å². The topological polar surface area (TPSA) is 58.4 Å². The summed E-state index contributed by atoms with van der Waals surface area (Å²) in [5.41, 5.74) is 5.19. The molecule has 1 aromatic carbocycles. The number of anilines is 1. The van der Waals surface area contributed by atoms with Gasteiger partial charge in [0.2, 0.25) is 0 Å². The highest BCUT2D eigenvalue weighted by Gasteiger charge is 2.32. The second kappa shape index (κ2) is 5.40. The first-order valence-electron chi connectivity index (χ1n) is 6.55. The van der Waals surface area contributed by atoms with Crippen LogP contribution < -0.4 is 11.3 Å². The molecule has 0 radical (unpaired) electrons. The molecular weight excluding hydrogens is 226 g/mol. The number of aryl methyl sites for hydroxylation is 1. The van der Waals surface area contributed by atoms with Crippen molar-refractivity contribution in [3.8, 4) is 0 Å². The molecule has 0 atom stereocenters. The summed E-state index contributed by atoms with van der Waals surface area (Å²) in [6.45, 7) is 4.90. The van der Waals surface area contributed by atoms with Gasteiger partial charge in [0, 0.05) is 23.8 Å². The highest BCUT2D eigenvalue weighted by molar-refractivity contribution is 5.96. The Balaban J connectivity index is 2.21. The van der Waals surface area contributed by atoms with Crippen LogP contribution in [0.25, 0.3) is 0 Å². The predicted molar refractivity (Wildman–Crippen MR) is 73.3 cm³/mol. The quantitative estimate of drug-likeness (QED) is 0.620. The first kappa shape index (κ1) is 12.9. The molecule has 18 heavy (non-hydrogen) atoms. The van der Waals surface area contributed by atoms with Crippen LogP contribution in [0.4, 0.5) is 5.69 Å². The molecule has 1 amide bonds. The lowest BCUT2D eigenvalue weighted by molar-refractivity contribution is 0.0742. The monoisotopic (exact) mass is 247 g/mol. The fraction of sp³-hybridized carbons (Fsp3) is 0.500. The van der Waals surface area contributed by atoms with Crippen molar-refractivity contribution < 1.29 is 4.79 Å². The van der Waals surface area contributed by atoms with Crippen molar-refractivity contribution in [3.05, 3.63) is 29.3 Å². The van der Waals surface area contributed by atoms with E-state index in [1.807, 2.05) is 30.0 Å². The highest BCUT2D eigenvalue weighted by atomic mass is 16.2. The van der Waals surface area contributed by atoms with Crippen LogP contribution in [-0.4, -0.2) is 23.4 Å². The maximum absolute atomic E-state index is 12.5. The van der Waals surface area contributed by atoms with Crippen molar-refractivity contribution in [2.24, 2.45) is 5.84 Å². The van der Waals surface area contributed by atoms with Crippen LogP contribution in [0.1, 0.15) is 42.1 Å². The number of carbonyl (C=O) groups is 1. The SMILES string of the molecule is CCCN(C(=O)c1ccc(NN)cc1C)C1CC1. The van der Waals surface area contributed by atoms with Crippen LogP contribution in [0.2, 0.25) is 0 Å². The van der Waals surface area contributed by atoms with Gasteiger partial charge in [-0.2, -0.15) is 0 Å². The second-order valence-electron chi connectivity index (χ2n) is 4.90. The molecule has 1 aromatic rings. The van der Waals surface area contributed by atoms with Crippen LogP contribution in [0.5, 0.6) is 0 Å². The molecule has 1 aliphatic carbocycles. The average Bonchev–Trinajstić information content (AvgIpc) is 3.19. The number of nitrogens with one attached hydrogen (secondary N) is 1. The summed E-state index contributed by atoms with van der Waals surface area (Å²) in [5, 5.41) is 0. The van der Waals surface area contributed by atoms with Crippen LogP contribution >= 0.6 is 0 Å². The summed E-state index contributed by atoms with van der Waals surface area (Å²) in [4.78, 5) is 14.5. The van der Waals surface area contributed by atoms with Gasteiger partial charge in [-0.15, -0.1) is 0 Å². The minimum Gasteiger partial charge on any atom is -0.336 e. The Bertz CT molecular complexity index is 441. The number of hydrogen-bond donors (Lipinski definition) is 2. The van der Waals surface area contributed by atoms with Crippen molar-refractivity contribution in [1.29, 1.82) is 0 Å². The number of nitrogens with two attached hydrogens (primary N) is 1. The first-order chi connectivity index (χ1) is 8.67. The lowest BCUT2D eigenvalue weighted by Crippen LogP contribution is -2.34. The molecule has 4 heteroatoms. The van der Waals surface area contributed by atoms with Gasteiger partial charge < -0.3 is 10.3 Å². The number of nitrogen functional groups attached to an aromatic ring is 1. The molecular formula is C14H21N3O. The Morgan fingerprint density at radius 3 is 2.72 bits per heavy atom. The van der Waals surface area contributed by atoms with Crippen LogP contribution in [0.15, 0.2) is 18.2 Å². The molecule has 1 saturated carbocycles. The Morgan fingerprint density at radius 2 is 2.22 bits per heavy atom. The zero-order valence-electron chi connectivity index (χ0n) is 11.1. The largest absolute Gasteiger partial charge is 0.336 e. The van der Waals surface area contributed by atoms with E-state index in [2.05, 4.69) is 12.3 Å². The normalized spacial score (nSPS) is 14.4. The lowest BCUT2D eigenvalue weighted by atomic mass is 10.1. The maximum Gasteiger partial charge on any atom is 0.254 e. The van der Waals surface area contributed by atoms with E-state index in [4.69, 9.17) is 5.84 Å². The molecule has 0 aliphatic heterocycles. The predicted octanol–water partition coefficient (Wildman–Crippen LogP) is 2.30. The van der Waals surface area contributed by atoms with Crippen LogP contribution in [0, 0.1) is 6.92 Å². The zero-order chi connectivity index (χ0) is 13.1. The lowest BCUT2D eigenvalue weighted by Gasteiger charge is -2.22. The molecule has 3 N–H and O–H groups in total. The van der Waals surface area contributed by atoms with E-state index in [1.165, 1.54) is 0 Å². The standard InChI is InChI=1S/C14H21N3O/c1-3-8-17(12-5-6-12)14(18)13-7-4-11(16-15)9-10(13)2/h4,7,9,12,16H,3,5-6,8,15H2,1-2H3. The minimum atomic E-state index is 0.153. The number of rotatable bonds is 5. The van der Waals surface area contributed by atoms with Gasteiger partial charge in [-0.25, -0.2) is 0 Å². The Morgan fingerprint density at radius 1 is 1.50 bits per heavy atom. The van der Waals surface area contributed by atoms with E-state index in [1.54, 1.807) is 0 Å². The summed E-state index contributed by atoms with van der Waals surface area (Å²) < 4.78 is 0. The smallest absolute Gasteiger partial charge is 0.254 e. The van der Waals surface area contributed by atoms with E-state index in [0.29, 0.717) is 6.04 Å². The number of carbonyl (C=O) groups excluding carboxylic acids is 1. The fourth-order valence-electron chi connectivity index (χ4n) is 2.23. The third-order valence-electron chi connectivity index (χ3n) is 3.34. The Labute approximate surface area is 108 Å². The molecule has 98 valence electrons. The number of hydrogen-bond acceptors (Lipinski definition) is 3. The molecule has 1 fully saturated rings. The molecule has 0 heterocycles. The maximum atomic E-state index is 12.5. The number of hydrazine groups is 1. The fourth-order valence-corrected chi connectivity index (χ4v) is 2.23. The van der Waals surface area contributed by atoms with Gasteiger partial charge >= 0.3 is 0 Å². The molecule has 0 spiro atoms. The van der Waals surface area contributed by atoms with Crippen molar-refractivity contribution in [2.75, 3.05) is 12.0 Å². The molecule has 0 unspecified atom stereocenters. The number of amides is 1. The van der Waals surface area contributed by atoms with Crippen molar-refractivity contribution in [3.63, 3.8) is 0 Å². The van der Waals surface area contributed by atoms with E-state index < -0.39 is 0 Å². The summed E-state index contributed by atoms with van der Waals surface area (Å²) in [6.07, 6.45) is 3.30. The van der Waals surface area contributed by atoms with Gasteiger partial charge in [-0.05, 0) is 49.9 Å². The van der Waals surface area contributed by atoms with Crippen molar-refractivity contribution in [2.45, 2.75) is 39.2 Å². The van der Waals surface area contributed by atoms with Crippen LogP contribution in [-0.2, 0) is 0 Å². The van der Waals surface area contributed by atoms with E-state index in [0.717, 1.165) is 42.6 Å². The first-order valence-corrected chi connectivity index (χ1v) is 6.55. The van der Waals surface area contributed by atoms with Gasteiger partial charge in [0.05, 0.1) is 0 Å². The molecule has 0 saturated heterocycles. The zero-order valence-corrected chi connectivity index (χ0v) is 11.1. The number of benzene rings is 1. The average molecular weight is 247 g/mol. The van der Waals surface area contributed by atoms with Gasteiger partial charge in [-0.3, -0.25) is 10.6 Å². The van der Waals surface area contributed by atoms with E-state index in [-0.39, 0.29) is 5.91 Å². The minimum absolute atomic E-state index is 0.153. The van der Waals surface area contributed by atoms with Gasteiger partial charge in [-0.1, -0.05) is 6.92 Å². The van der Waals surface area contributed by atoms with Crippen molar-refractivity contribution in [1.82, 2.24) is 4.90 Å². The molecule has 0 bridgehead atoms. The van der Waals surface area contributed by atoms with E-state index >= 15 is 0 Å². The summed E-state index contributed by atoms with van der Waals surface area (Å²) in [5.74, 6) is 5.52. The van der Waals surface area contributed by atoms with Gasteiger partial charge in [0.25, 0.3) is 5.91 Å². The summed E-state index contributed by atoms with van der Waals surface area (Å²) in [6, 6.07) is 6.07. The molecule has 4 nitrogen and oxygen atoms in total. The third kappa shape index (κ3) is 2.64. The molecule has 1 aliphatic rings. The van der Waals surface area contributed by atoms with Gasteiger partial charge in [0.15, 0.2) is 0 Å². The third-order valence-corrected chi connectivity index (χ3v) is 3.34. The Hall–Kier alpha value is -1.55. The van der Waals surface area contributed by atoms with Crippen LogP contribution in [0.3, 0.4) is 0 Å². The summed E-state index contributed by atoms with van der Waals surface area (Å²) in [7, 11) is 0. The number of nitrogens with zero attached hydrogens (tertiary/aromatic N) is 1. The molecule has 0 aromatic heterocycles. The van der Waals surface area contributed by atoms with E-state index in [9.17, 15) is 4.79 Å². The Kier molecular flexibility index (Phi) is 3.87. The summed E-state index contributed by atoms with van der Waals surface area (Å²) >= 11 is 0. The van der Waals surface area contributed by atoms with Crippen molar-refractivity contribution >= 4 is 11.6 Å². The second-order valence-corrected chi connectivity index (χ2v) is 4.90. The molecule has 2 rings (SSSR count).